The maximum atomic E-state index is 12.9. The molecule has 2 saturated heterocycles. The minimum absolute atomic E-state index is 0.00677. The number of amides is 1. The van der Waals surface area contributed by atoms with Crippen molar-refractivity contribution in [2.75, 3.05) is 32.7 Å². The minimum atomic E-state index is -0.00677. The number of benzene rings is 2. The lowest BCUT2D eigenvalue weighted by atomic mass is 10.0. The highest BCUT2D eigenvalue weighted by Gasteiger charge is 2.40. The second-order valence-corrected chi connectivity index (χ2v) is 9.13. The molecule has 0 radical (unpaired) electrons. The molecule has 2 heterocycles. The maximum Gasteiger partial charge on any atom is 0.237 e. The molecule has 2 atom stereocenters. The van der Waals surface area contributed by atoms with Crippen molar-refractivity contribution in [1.29, 1.82) is 0 Å². The van der Waals surface area contributed by atoms with E-state index in [4.69, 9.17) is 0 Å². The zero-order chi connectivity index (χ0) is 21.6. The van der Waals surface area contributed by atoms with Crippen molar-refractivity contribution in [1.82, 2.24) is 20.4 Å². The fraction of sp³-hybridized carbons (Fsp3) is 0.577. The minimum Gasteiger partial charge on any atom is -0.355 e. The highest BCUT2D eigenvalue weighted by Crippen LogP contribution is 2.27. The lowest BCUT2D eigenvalue weighted by molar-refractivity contribution is -0.126. The number of likely N-dealkylation sites (tertiary alicyclic amines) is 2. The molecule has 2 aromatic carbocycles. The lowest BCUT2D eigenvalue weighted by Crippen LogP contribution is -2.51. The van der Waals surface area contributed by atoms with E-state index < -0.39 is 0 Å². The Labute approximate surface area is 187 Å². The largest absolute Gasteiger partial charge is 0.355 e. The van der Waals surface area contributed by atoms with Crippen molar-refractivity contribution in [2.24, 2.45) is 0 Å². The van der Waals surface area contributed by atoms with Gasteiger partial charge in [0, 0.05) is 31.7 Å². The first-order valence-corrected chi connectivity index (χ1v) is 12.2. The second-order valence-electron chi connectivity index (χ2n) is 9.13. The van der Waals surface area contributed by atoms with Gasteiger partial charge in [0.2, 0.25) is 5.91 Å². The first-order chi connectivity index (χ1) is 15.2. The molecule has 4 rings (SSSR count). The average Bonchev–Trinajstić information content (AvgIpc) is 3.23. The smallest absolute Gasteiger partial charge is 0.237 e. The Bertz CT molecular complexity index is 856. The van der Waals surface area contributed by atoms with Gasteiger partial charge < -0.3 is 15.5 Å². The normalized spacial score (nSPS) is 23.4. The van der Waals surface area contributed by atoms with Gasteiger partial charge >= 0.3 is 0 Å². The third kappa shape index (κ3) is 5.28. The number of nitrogens with zero attached hydrogens (tertiary/aromatic N) is 2. The SMILES string of the molecule is CCCN1CCC(N2C[C@H](NCc3cccc4ccccc34)C[C@H]2C(=O)NCC)CC1. The molecule has 2 aromatic rings. The summed E-state index contributed by atoms with van der Waals surface area (Å²) >= 11 is 0. The predicted molar refractivity (Wildman–Crippen MR) is 128 cm³/mol. The van der Waals surface area contributed by atoms with Crippen LogP contribution in [0.15, 0.2) is 42.5 Å². The Morgan fingerprint density at radius 2 is 1.84 bits per heavy atom. The Balaban J connectivity index is 1.41. The van der Waals surface area contributed by atoms with E-state index in [0.29, 0.717) is 18.6 Å². The summed E-state index contributed by atoms with van der Waals surface area (Å²) < 4.78 is 0. The molecular formula is C26H38N4O. The standard InChI is InChI=1S/C26H38N4O/c1-3-14-29-15-12-23(13-16-29)30-19-22(17-25(30)26(31)27-4-2)28-18-21-10-7-9-20-8-5-6-11-24(20)21/h5-11,22-23,25,28H,3-4,12-19H2,1-2H3,(H,27,31)/t22-,25+/m1/s1. The predicted octanol–water partition coefficient (Wildman–Crippen LogP) is 3.38. The number of nitrogens with one attached hydrogen (secondary N) is 2. The summed E-state index contributed by atoms with van der Waals surface area (Å²) in [6.07, 6.45) is 4.46. The average molecular weight is 423 g/mol. The number of piperidine rings is 1. The number of hydrogen-bond donors (Lipinski definition) is 2. The van der Waals surface area contributed by atoms with Gasteiger partial charge in [0.25, 0.3) is 0 Å². The zero-order valence-corrected chi connectivity index (χ0v) is 19.1. The third-order valence-electron chi connectivity index (χ3n) is 7.02. The molecule has 5 heteroatoms. The fourth-order valence-corrected chi connectivity index (χ4v) is 5.45. The molecule has 1 amide bonds. The van der Waals surface area contributed by atoms with Gasteiger partial charge in [-0.3, -0.25) is 9.69 Å². The van der Waals surface area contributed by atoms with Gasteiger partial charge in [0.05, 0.1) is 6.04 Å². The van der Waals surface area contributed by atoms with Crippen molar-refractivity contribution in [2.45, 2.75) is 64.2 Å². The number of hydrogen-bond acceptors (Lipinski definition) is 4. The molecule has 0 unspecified atom stereocenters. The topological polar surface area (TPSA) is 47.6 Å². The Morgan fingerprint density at radius 3 is 2.61 bits per heavy atom. The van der Waals surface area contributed by atoms with E-state index in [1.807, 2.05) is 6.92 Å². The van der Waals surface area contributed by atoms with Crippen molar-refractivity contribution >= 4 is 16.7 Å². The van der Waals surface area contributed by atoms with Crippen LogP contribution in [0.2, 0.25) is 0 Å². The van der Waals surface area contributed by atoms with Crippen LogP contribution in [0.4, 0.5) is 0 Å². The summed E-state index contributed by atoms with van der Waals surface area (Å²) in [7, 11) is 0. The van der Waals surface area contributed by atoms with Gasteiger partial charge in [-0.1, -0.05) is 49.4 Å². The monoisotopic (exact) mass is 422 g/mol. The number of likely N-dealkylation sites (N-methyl/N-ethyl adjacent to an activating group) is 1. The van der Waals surface area contributed by atoms with Gasteiger partial charge in [-0.25, -0.2) is 0 Å². The van der Waals surface area contributed by atoms with Crippen LogP contribution >= 0.6 is 0 Å². The molecule has 168 valence electrons. The molecule has 2 aliphatic heterocycles. The van der Waals surface area contributed by atoms with Crippen LogP contribution in [0.5, 0.6) is 0 Å². The summed E-state index contributed by atoms with van der Waals surface area (Å²) in [6, 6.07) is 16.0. The molecule has 0 saturated carbocycles. The highest BCUT2D eigenvalue weighted by molar-refractivity contribution is 5.85. The quantitative estimate of drug-likeness (QED) is 0.685. The molecule has 2 fully saturated rings. The number of carbonyl (C=O) groups is 1. The van der Waals surface area contributed by atoms with Crippen LogP contribution in [0.1, 0.15) is 45.1 Å². The first-order valence-electron chi connectivity index (χ1n) is 12.2. The summed E-state index contributed by atoms with van der Waals surface area (Å²) in [5, 5.41) is 9.47. The summed E-state index contributed by atoms with van der Waals surface area (Å²) in [4.78, 5) is 18.0. The van der Waals surface area contributed by atoms with Crippen LogP contribution in [0.25, 0.3) is 10.8 Å². The van der Waals surface area contributed by atoms with Crippen LogP contribution in [-0.4, -0.2) is 66.6 Å². The molecule has 2 N–H and O–H groups in total. The van der Waals surface area contributed by atoms with Crippen molar-refractivity contribution < 1.29 is 4.79 Å². The van der Waals surface area contributed by atoms with E-state index in [1.54, 1.807) is 0 Å². The fourth-order valence-electron chi connectivity index (χ4n) is 5.45. The summed E-state index contributed by atoms with van der Waals surface area (Å²) in [5.41, 5.74) is 1.33. The van der Waals surface area contributed by atoms with Crippen LogP contribution in [0.3, 0.4) is 0 Å². The lowest BCUT2D eigenvalue weighted by Gasteiger charge is -2.38. The molecule has 0 aliphatic carbocycles. The van der Waals surface area contributed by atoms with Gasteiger partial charge in [-0.2, -0.15) is 0 Å². The van der Waals surface area contributed by atoms with E-state index in [9.17, 15) is 4.79 Å². The highest BCUT2D eigenvalue weighted by atomic mass is 16.2. The van der Waals surface area contributed by atoms with Gasteiger partial charge in [-0.15, -0.1) is 0 Å². The van der Waals surface area contributed by atoms with Gasteiger partial charge in [0.1, 0.15) is 0 Å². The molecule has 0 bridgehead atoms. The number of rotatable bonds is 8. The molecule has 31 heavy (non-hydrogen) atoms. The molecule has 0 aromatic heterocycles. The van der Waals surface area contributed by atoms with Crippen LogP contribution in [-0.2, 0) is 11.3 Å². The molecular weight excluding hydrogens is 384 g/mol. The molecule has 2 aliphatic rings. The Morgan fingerprint density at radius 1 is 1.06 bits per heavy atom. The molecule has 0 spiro atoms. The Hall–Kier alpha value is -1.95. The molecule has 5 nitrogen and oxygen atoms in total. The number of fused-ring (bicyclic) bond motifs is 1. The van der Waals surface area contributed by atoms with Crippen molar-refractivity contribution in [3.8, 4) is 0 Å². The second kappa shape index (κ2) is 10.6. The van der Waals surface area contributed by atoms with Crippen LogP contribution < -0.4 is 10.6 Å². The Kier molecular flexibility index (Phi) is 7.59. The maximum absolute atomic E-state index is 12.9. The first kappa shape index (κ1) is 22.3. The van der Waals surface area contributed by atoms with Gasteiger partial charge in [0.15, 0.2) is 0 Å². The summed E-state index contributed by atoms with van der Waals surface area (Å²) in [5.74, 6) is 0.202. The van der Waals surface area contributed by atoms with E-state index in [1.165, 1.54) is 42.1 Å². The van der Waals surface area contributed by atoms with E-state index >= 15 is 0 Å². The van der Waals surface area contributed by atoms with E-state index in [-0.39, 0.29) is 11.9 Å². The van der Waals surface area contributed by atoms with E-state index in [2.05, 4.69) is 69.8 Å². The number of carbonyl (C=O) groups excluding carboxylic acids is 1. The summed E-state index contributed by atoms with van der Waals surface area (Å²) in [6.45, 7) is 10.3. The van der Waals surface area contributed by atoms with Crippen LogP contribution in [0, 0.1) is 0 Å². The van der Waals surface area contributed by atoms with E-state index in [0.717, 1.165) is 32.6 Å². The van der Waals surface area contributed by atoms with Crippen molar-refractivity contribution in [3.63, 3.8) is 0 Å². The third-order valence-corrected chi connectivity index (χ3v) is 7.02. The zero-order valence-electron chi connectivity index (χ0n) is 19.1. The van der Waals surface area contributed by atoms with Gasteiger partial charge in [-0.05, 0) is 68.6 Å². The van der Waals surface area contributed by atoms with Crippen molar-refractivity contribution in [3.05, 3.63) is 48.0 Å².